The number of fused-ring (bicyclic) bond motifs is 1. The van der Waals surface area contributed by atoms with Crippen molar-refractivity contribution >= 4 is 17.1 Å². The highest BCUT2D eigenvalue weighted by Crippen LogP contribution is 2.53. The van der Waals surface area contributed by atoms with Gasteiger partial charge in [-0.2, -0.15) is 0 Å². The maximum absolute atomic E-state index is 11.0. The zero-order valence-corrected chi connectivity index (χ0v) is 11.2. The summed E-state index contributed by atoms with van der Waals surface area (Å²) in [5.41, 5.74) is 2.54. The first-order chi connectivity index (χ1) is 10.2. The van der Waals surface area contributed by atoms with Crippen LogP contribution in [-0.2, 0) is 5.41 Å². The van der Waals surface area contributed by atoms with Crippen molar-refractivity contribution < 1.29 is 14.3 Å². The number of carboxylic acid groups (broad SMARTS) is 1. The first-order valence-electron chi connectivity index (χ1n) is 6.89. The van der Waals surface area contributed by atoms with Gasteiger partial charge in [0.15, 0.2) is 5.58 Å². The van der Waals surface area contributed by atoms with Gasteiger partial charge in [-0.3, -0.25) is 0 Å². The predicted molar refractivity (Wildman–Crippen MR) is 77.4 cm³/mol. The molecular formula is C17H13NO3. The molecule has 1 heterocycles. The van der Waals surface area contributed by atoms with E-state index in [-0.39, 0.29) is 11.0 Å². The Kier molecular flexibility index (Phi) is 2.42. The molecule has 0 aliphatic heterocycles. The SMILES string of the molecule is O=C(O)c1ccc2oc(C3(c4ccccc4)CC3)nc2c1. The van der Waals surface area contributed by atoms with Crippen LogP contribution in [0.1, 0.15) is 34.7 Å². The van der Waals surface area contributed by atoms with Crippen LogP contribution in [0.2, 0.25) is 0 Å². The van der Waals surface area contributed by atoms with E-state index in [9.17, 15) is 4.79 Å². The number of oxazole rings is 1. The maximum atomic E-state index is 11.0. The van der Waals surface area contributed by atoms with Gasteiger partial charge in [0.05, 0.1) is 11.0 Å². The second-order valence-corrected chi connectivity index (χ2v) is 5.45. The summed E-state index contributed by atoms with van der Waals surface area (Å²) < 4.78 is 5.88. The Morgan fingerprint density at radius 2 is 1.90 bits per heavy atom. The van der Waals surface area contributed by atoms with Crippen LogP contribution in [0.25, 0.3) is 11.1 Å². The predicted octanol–water partition coefficient (Wildman–Crippen LogP) is 3.61. The fraction of sp³-hybridized carbons (Fsp3) is 0.176. The summed E-state index contributed by atoms with van der Waals surface area (Å²) in [6.07, 6.45) is 2.02. The molecule has 4 heteroatoms. The summed E-state index contributed by atoms with van der Waals surface area (Å²) in [6.45, 7) is 0. The van der Waals surface area contributed by atoms with E-state index < -0.39 is 5.97 Å². The zero-order chi connectivity index (χ0) is 14.4. The number of benzene rings is 2. The molecule has 0 atom stereocenters. The number of rotatable bonds is 3. The maximum Gasteiger partial charge on any atom is 0.335 e. The molecule has 104 valence electrons. The van der Waals surface area contributed by atoms with Gasteiger partial charge in [0, 0.05) is 0 Å². The monoisotopic (exact) mass is 279 g/mol. The van der Waals surface area contributed by atoms with Crippen LogP contribution in [0, 0.1) is 0 Å². The molecular weight excluding hydrogens is 266 g/mol. The summed E-state index contributed by atoms with van der Waals surface area (Å²) in [6, 6.07) is 15.0. The van der Waals surface area contributed by atoms with E-state index in [0.29, 0.717) is 17.0 Å². The van der Waals surface area contributed by atoms with Gasteiger partial charge in [-0.15, -0.1) is 0 Å². The van der Waals surface area contributed by atoms with Crippen molar-refractivity contribution in [3.8, 4) is 0 Å². The standard InChI is InChI=1S/C17H13NO3/c19-15(20)11-6-7-14-13(10-11)18-16(21-14)17(8-9-17)12-4-2-1-3-5-12/h1-7,10H,8-9H2,(H,19,20). The molecule has 4 nitrogen and oxygen atoms in total. The highest BCUT2D eigenvalue weighted by atomic mass is 16.4. The van der Waals surface area contributed by atoms with Gasteiger partial charge in [0.1, 0.15) is 5.52 Å². The third kappa shape index (κ3) is 1.83. The molecule has 0 saturated heterocycles. The molecule has 1 aliphatic rings. The summed E-state index contributed by atoms with van der Waals surface area (Å²) in [7, 11) is 0. The van der Waals surface area contributed by atoms with Gasteiger partial charge in [0.25, 0.3) is 0 Å². The van der Waals surface area contributed by atoms with E-state index >= 15 is 0 Å². The summed E-state index contributed by atoms with van der Waals surface area (Å²) in [5, 5.41) is 9.04. The molecule has 0 unspecified atom stereocenters. The Bertz CT molecular complexity index is 832. The average molecular weight is 279 g/mol. The topological polar surface area (TPSA) is 63.3 Å². The first kappa shape index (κ1) is 12.1. The summed E-state index contributed by atoms with van der Waals surface area (Å²) in [4.78, 5) is 15.6. The quantitative estimate of drug-likeness (QED) is 0.795. The van der Waals surface area contributed by atoms with Gasteiger partial charge in [-0.05, 0) is 36.6 Å². The molecule has 0 radical (unpaired) electrons. The van der Waals surface area contributed by atoms with Gasteiger partial charge >= 0.3 is 5.97 Å². The van der Waals surface area contributed by atoms with E-state index in [1.807, 2.05) is 18.2 Å². The van der Waals surface area contributed by atoms with E-state index in [1.54, 1.807) is 18.2 Å². The van der Waals surface area contributed by atoms with Gasteiger partial charge < -0.3 is 9.52 Å². The van der Waals surface area contributed by atoms with E-state index in [0.717, 1.165) is 12.8 Å². The minimum Gasteiger partial charge on any atom is -0.478 e. The lowest BCUT2D eigenvalue weighted by Gasteiger charge is -2.10. The number of hydrogen-bond acceptors (Lipinski definition) is 3. The smallest absolute Gasteiger partial charge is 0.335 e. The average Bonchev–Trinajstić information content (AvgIpc) is 3.21. The molecule has 3 aromatic rings. The number of carboxylic acids is 1. The van der Waals surface area contributed by atoms with Gasteiger partial charge in [0.2, 0.25) is 5.89 Å². The zero-order valence-electron chi connectivity index (χ0n) is 11.2. The molecule has 0 amide bonds. The third-order valence-corrected chi connectivity index (χ3v) is 4.12. The fourth-order valence-corrected chi connectivity index (χ4v) is 2.77. The Labute approximate surface area is 121 Å². The van der Waals surface area contributed by atoms with Crippen LogP contribution in [0.5, 0.6) is 0 Å². The lowest BCUT2D eigenvalue weighted by molar-refractivity contribution is 0.0697. The van der Waals surface area contributed by atoms with E-state index in [4.69, 9.17) is 9.52 Å². The highest BCUT2D eigenvalue weighted by molar-refractivity contribution is 5.91. The lowest BCUT2D eigenvalue weighted by atomic mass is 9.96. The second-order valence-electron chi connectivity index (χ2n) is 5.45. The summed E-state index contributed by atoms with van der Waals surface area (Å²) >= 11 is 0. The van der Waals surface area contributed by atoms with Crippen molar-refractivity contribution in [2.45, 2.75) is 18.3 Å². The minimum absolute atomic E-state index is 0.135. The van der Waals surface area contributed by atoms with Crippen molar-refractivity contribution in [1.29, 1.82) is 0 Å². The van der Waals surface area contributed by atoms with Gasteiger partial charge in [-0.1, -0.05) is 30.3 Å². The molecule has 4 rings (SSSR count). The van der Waals surface area contributed by atoms with Crippen LogP contribution in [0.15, 0.2) is 52.9 Å². The van der Waals surface area contributed by atoms with Crippen LogP contribution < -0.4 is 0 Å². The minimum atomic E-state index is -0.953. The van der Waals surface area contributed by atoms with Crippen LogP contribution >= 0.6 is 0 Å². The first-order valence-corrected chi connectivity index (χ1v) is 6.89. The Morgan fingerprint density at radius 1 is 1.14 bits per heavy atom. The number of carbonyl (C=O) groups is 1. The fourth-order valence-electron chi connectivity index (χ4n) is 2.77. The van der Waals surface area contributed by atoms with Crippen molar-refractivity contribution in [2.75, 3.05) is 0 Å². The number of nitrogens with zero attached hydrogens (tertiary/aromatic N) is 1. The van der Waals surface area contributed by atoms with Crippen molar-refractivity contribution in [2.24, 2.45) is 0 Å². The molecule has 2 aromatic carbocycles. The molecule has 1 aliphatic carbocycles. The molecule has 21 heavy (non-hydrogen) atoms. The van der Waals surface area contributed by atoms with Crippen LogP contribution in [0.3, 0.4) is 0 Å². The molecule has 1 fully saturated rings. The summed E-state index contributed by atoms with van der Waals surface area (Å²) in [5.74, 6) is -0.267. The molecule has 1 N–H and O–H groups in total. The normalized spacial score (nSPS) is 16.0. The number of aromatic carboxylic acids is 1. The third-order valence-electron chi connectivity index (χ3n) is 4.12. The Morgan fingerprint density at radius 3 is 2.57 bits per heavy atom. The Balaban J connectivity index is 1.83. The van der Waals surface area contributed by atoms with Crippen molar-refractivity contribution in [3.05, 3.63) is 65.5 Å². The second kappa shape index (κ2) is 4.19. The molecule has 1 saturated carbocycles. The molecule has 0 spiro atoms. The van der Waals surface area contributed by atoms with Crippen LogP contribution in [0.4, 0.5) is 0 Å². The molecule has 0 bridgehead atoms. The highest BCUT2D eigenvalue weighted by Gasteiger charge is 2.50. The van der Waals surface area contributed by atoms with E-state index in [2.05, 4.69) is 17.1 Å². The van der Waals surface area contributed by atoms with Crippen LogP contribution in [-0.4, -0.2) is 16.1 Å². The lowest BCUT2D eigenvalue weighted by Crippen LogP contribution is -2.08. The van der Waals surface area contributed by atoms with Crippen molar-refractivity contribution in [3.63, 3.8) is 0 Å². The van der Waals surface area contributed by atoms with Gasteiger partial charge in [-0.25, -0.2) is 9.78 Å². The van der Waals surface area contributed by atoms with E-state index in [1.165, 1.54) is 5.56 Å². The van der Waals surface area contributed by atoms with Crippen molar-refractivity contribution in [1.82, 2.24) is 4.98 Å². The molecule has 1 aromatic heterocycles. The number of hydrogen-bond donors (Lipinski definition) is 1. The number of aromatic nitrogens is 1. The largest absolute Gasteiger partial charge is 0.478 e. The Hall–Kier alpha value is -2.62.